The number of esters is 1. The molecule has 112 valence electrons. The Labute approximate surface area is 119 Å². The summed E-state index contributed by atoms with van der Waals surface area (Å²) < 4.78 is 5.70. The molecule has 1 saturated heterocycles. The van der Waals surface area contributed by atoms with E-state index in [1.54, 1.807) is 0 Å². The predicted molar refractivity (Wildman–Crippen MR) is 73.7 cm³/mol. The van der Waals surface area contributed by atoms with E-state index >= 15 is 0 Å². The minimum Gasteiger partial charge on any atom is -0.462 e. The second-order valence-electron chi connectivity index (χ2n) is 6.66. The normalized spacial score (nSPS) is 34.3. The van der Waals surface area contributed by atoms with Crippen LogP contribution < -0.4 is 5.73 Å². The van der Waals surface area contributed by atoms with Crippen molar-refractivity contribution in [3.8, 4) is 0 Å². The minimum absolute atomic E-state index is 0.0329. The minimum atomic E-state index is -0.289. The van der Waals surface area contributed by atoms with E-state index < -0.39 is 0 Å². The number of nitrogens with two attached hydrogens (primary N) is 1. The molecule has 3 fully saturated rings. The van der Waals surface area contributed by atoms with Gasteiger partial charge < -0.3 is 10.5 Å². The van der Waals surface area contributed by atoms with Crippen LogP contribution in [-0.4, -0.2) is 42.5 Å². The van der Waals surface area contributed by atoms with Crippen LogP contribution in [0.5, 0.6) is 0 Å². The molecule has 0 aromatic rings. The monoisotopic (exact) mass is 280 g/mol. The van der Waals surface area contributed by atoms with E-state index in [4.69, 9.17) is 10.5 Å². The molecule has 20 heavy (non-hydrogen) atoms. The lowest BCUT2D eigenvalue weighted by molar-refractivity contribution is -0.158. The highest BCUT2D eigenvalue weighted by Gasteiger charge is 2.44. The summed E-state index contributed by atoms with van der Waals surface area (Å²) in [4.78, 5) is 25.2. The number of fused-ring (bicyclic) bond motifs is 2. The zero-order valence-corrected chi connectivity index (χ0v) is 11.9. The third kappa shape index (κ3) is 2.97. The van der Waals surface area contributed by atoms with Crippen LogP contribution in [-0.2, 0) is 14.3 Å². The van der Waals surface area contributed by atoms with Gasteiger partial charge in [-0.3, -0.25) is 14.5 Å². The second-order valence-corrected chi connectivity index (χ2v) is 6.66. The van der Waals surface area contributed by atoms with Crippen LogP contribution in [0.3, 0.4) is 0 Å². The summed E-state index contributed by atoms with van der Waals surface area (Å²) in [6.07, 6.45) is 6.47. The van der Waals surface area contributed by atoms with Gasteiger partial charge in [0.2, 0.25) is 5.91 Å². The molecule has 2 N–H and O–H groups in total. The first-order chi connectivity index (χ1) is 9.61. The van der Waals surface area contributed by atoms with Crippen molar-refractivity contribution >= 4 is 11.9 Å². The van der Waals surface area contributed by atoms with Gasteiger partial charge in [0.1, 0.15) is 6.10 Å². The highest BCUT2D eigenvalue weighted by molar-refractivity contribution is 5.76. The molecule has 3 aliphatic rings. The summed E-state index contributed by atoms with van der Waals surface area (Å²) in [5, 5.41) is 0. The van der Waals surface area contributed by atoms with Crippen LogP contribution >= 0.6 is 0 Å². The Morgan fingerprint density at radius 3 is 2.40 bits per heavy atom. The van der Waals surface area contributed by atoms with Crippen molar-refractivity contribution in [2.45, 2.75) is 44.6 Å². The molecule has 2 saturated carbocycles. The van der Waals surface area contributed by atoms with Gasteiger partial charge >= 0.3 is 5.97 Å². The van der Waals surface area contributed by atoms with E-state index in [2.05, 4.69) is 0 Å². The Kier molecular flexibility index (Phi) is 3.96. The third-order valence-electron chi connectivity index (χ3n) is 5.24. The number of rotatable bonds is 4. The third-order valence-corrected chi connectivity index (χ3v) is 5.24. The Bertz CT molecular complexity index is 391. The summed E-state index contributed by atoms with van der Waals surface area (Å²) >= 11 is 0. The SMILES string of the molecule is NC(=O)CN1CCC(OC(=O)[C@@H]2C[C@H]3CC[C@H]2C3)CC1. The molecule has 0 aromatic heterocycles. The molecule has 2 bridgehead atoms. The summed E-state index contributed by atoms with van der Waals surface area (Å²) in [5.41, 5.74) is 5.19. The number of likely N-dealkylation sites (tertiary alicyclic amines) is 1. The molecule has 0 aromatic carbocycles. The number of carbonyl (C=O) groups excluding carboxylic acids is 2. The van der Waals surface area contributed by atoms with Gasteiger partial charge in [-0.2, -0.15) is 0 Å². The average molecular weight is 280 g/mol. The highest BCUT2D eigenvalue weighted by atomic mass is 16.5. The van der Waals surface area contributed by atoms with Crippen molar-refractivity contribution < 1.29 is 14.3 Å². The van der Waals surface area contributed by atoms with Gasteiger partial charge in [-0.1, -0.05) is 6.42 Å². The van der Waals surface area contributed by atoms with Crippen LogP contribution in [0.2, 0.25) is 0 Å². The van der Waals surface area contributed by atoms with Gasteiger partial charge in [-0.15, -0.1) is 0 Å². The van der Waals surface area contributed by atoms with Gasteiger partial charge in [0.05, 0.1) is 12.5 Å². The van der Waals surface area contributed by atoms with Crippen molar-refractivity contribution in [3.05, 3.63) is 0 Å². The van der Waals surface area contributed by atoms with Crippen molar-refractivity contribution in [1.29, 1.82) is 0 Å². The van der Waals surface area contributed by atoms with E-state index in [1.807, 2.05) is 4.90 Å². The predicted octanol–water partition coefficient (Wildman–Crippen LogP) is 0.915. The lowest BCUT2D eigenvalue weighted by atomic mass is 9.89. The van der Waals surface area contributed by atoms with Gasteiger partial charge in [-0.25, -0.2) is 0 Å². The fourth-order valence-corrected chi connectivity index (χ4v) is 4.19. The molecular formula is C15H24N2O3. The van der Waals surface area contributed by atoms with Crippen LogP contribution in [0.4, 0.5) is 0 Å². The molecule has 5 nitrogen and oxygen atoms in total. The molecule has 5 heteroatoms. The Morgan fingerprint density at radius 1 is 1.10 bits per heavy atom. The maximum absolute atomic E-state index is 12.3. The van der Waals surface area contributed by atoms with Crippen LogP contribution in [0, 0.1) is 17.8 Å². The number of amides is 1. The van der Waals surface area contributed by atoms with E-state index in [0.29, 0.717) is 12.5 Å². The van der Waals surface area contributed by atoms with Crippen LogP contribution in [0.1, 0.15) is 38.5 Å². The van der Waals surface area contributed by atoms with Crippen molar-refractivity contribution in [3.63, 3.8) is 0 Å². The van der Waals surface area contributed by atoms with Gasteiger partial charge in [0.15, 0.2) is 0 Å². The zero-order chi connectivity index (χ0) is 14.1. The number of ether oxygens (including phenoxy) is 1. The Morgan fingerprint density at radius 2 is 1.85 bits per heavy atom. The van der Waals surface area contributed by atoms with E-state index in [-0.39, 0.29) is 23.9 Å². The second kappa shape index (κ2) is 5.72. The van der Waals surface area contributed by atoms with Crippen molar-refractivity contribution in [1.82, 2.24) is 4.90 Å². The van der Waals surface area contributed by atoms with Gasteiger partial charge in [-0.05, 0) is 43.9 Å². The average Bonchev–Trinajstić information content (AvgIpc) is 3.03. The fraction of sp³-hybridized carbons (Fsp3) is 0.867. The van der Waals surface area contributed by atoms with E-state index in [0.717, 1.165) is 38.3 Å². The molecule has 0 radical (unpaired) electrons. The first-order valence-corrected chi connectivity index (χ1v) is 7.83. The highest BCUT2D eigenvalue weighted by Crippen LogP contribution is 2.48. The smallest absolute Gasteiger partial charge is 0.309 e. The standard InChI is InChI=1S/C15H24N2O3/c16-14(18)9-17-5-3-12(4-6-17)20-15(19)13-8-10-1-2-11(13)7-10/h10-13H,1-9H2,(H2,16,18)/t10-,11-,13+/m0/s1. The number of hydrogen-bond acceptors (Lipinski definition) is 4. The Hall–Kier alpha value is -1.10. The number of primary amides is 1. The molecule has 1 heterocycles. The van der Waals surface area contributed by atoms with E-state index in [1.165, 1.54) is 19.3 Å². The van der Waals surface area contributed by atoms with Crippen LogP contribution in [0.15, 0.2) is 0 Å². The topological polar surface area (TPSA) is 72.6 Å². The largest absolute Gasteiger partial charge is 0.462 e. The van der Waals surface area contributed by atoms with Crippen molar-refractivity contribution in [2.24, 2.45) is 23.5 Å². The first kappa shape index (κ1) is 13.9. The maximum atomic E-state index is 12.3. The quantitative estimate of drug-likeness (QED) is 0.777. The molecule has 2 aliphatic carbocycles. The molecule has 0 unspecified atom stereocenters. The van der Waals surface area contributed by atoms with Gasteiger partial charge in [0.25, 0.3) is 0 Å². The Balaban J connectivity index is 1.43. The zero-order valence-electron chi connectivity index (χ0n) is 11.9. The summed E-state index contributed by atoms with van der Waals surface area (Å²) in [6.45, 7) is 1.89. The number of carbonyl (C=O) groups is 2. The number of nitrogens with zero attached hydrogens (tertiary/aromatic N) is 1. The number of piperidine rings is 1. The maximum Gasteiger partial charge on any atom is 0.309 e. The lowest BCUT2D eigenvalue weighted by Crippen LogP contribution is -2.42. The van der Waals surface area contributed by atoms with E-state index in [9.17, 15) is 9.59 Å². The fourth-order valence-electron chi connectivity index (χ4n) is 4.19. The number of hydrogen-bond donors (Lipinski definition) is 1. The molecule has 0 spiro atoms. The molecular weight excluding hydrogens is 256 g/mol. The van der Waals surface area contributed by atoms with Crippen LogP contribution in [0.25, 0.3) is 0 Å². The summed E-state index contributed by atoms with van der Waals surface area (Å²) in [5.74, 6) is 1.27. The van der Waals surface area contributed by atoms with Crippen molar-refractivity contribution in [2.75, 3.05) is 19.6 Å². The molecule has 1 aliphatic heterocycles. The molecule has 1 amide bonds. The molecule has 3 rings (SSSR count). The first-order valence-electron chi connectivity index (χ1n) is 7.83. The summed E-state index contributed by atoms with van der Waals surface area (Å²) in [7, 11) is 0. The summed E-state index contributed by atoms with van der Waals surface area (Å²) in [6, 6.07) is 0. The lowest BCUT2D eigenvalue weighted by Gasteiger charge is -2.32. The van der Waals surface area contributed by atoms with Gasteiger partial charge in [0, 0.05) is 13.1 Å². The molecule has 3 atom stereocenters.